The van der Waals surface area contributed by atoms with E-state index in [0.29, 0.717) is 11.8 Å². The van der Waals surface area contributed by atoms with Crippen molar-refractivity contribution >= 4 is 0 Å². The van der Waals surface area contributed by atoms with E-state index in [4.69, 9.17) is 0 Å². The molecule has 29 heavy (non-hydrogen) atoms. The molecule has 0 unspecified atom stereocenters. The second-order valence-corrected chi connectivity index (χ2v) is 9.03. The van der Waals surface area contributed by atoms with Crippen LogP contribution in [0.2, 0.25) is 0 Å². The average Bonchev–Trinajstić information content (AvgIpc) is 2.72. The van der Waals surface area contributed by atoms with Gasteiger partial charge in [-0.15, -0.1) is 13.2 Å². The zero-order valence-electron chi connectivity index (χ0n) is 17.6. The summed E-state index contributed by atoms with van der Waals surface area (Å²) in [5.41, 5.74) is 1.13. The highest BCUT2D eigenvalue weighted by Gasteiger charge is 2.31. The van der Waals surface area contributed by atoms with E-state index in [1.807, 2.05) is 0 Å². The summed E-state index contributed by atoms with van der Waals surface area (Å²) in [5.74, 6) is 2.89. The smallest absolute Gasteiger partial charge is 0.406 e. The monoisotopic (exact) mass is 408 g/mol. The Labute approximate surface area is 173 Å². The number of ether oxygens (including phenoxy) is 1. The summed E-state index contributed by atoms with van der Waals surface area (Å²) >= 11 is 0. The average molecular weight is 409 g/mol. The van der Waals surface area contributed by atoms with Crippen molar-refractivity contribution in [3.63, 3.8) is 0 Å². The molecule has 1 aromatic rings. The lowest BCUT2D eigenvalue weighted by Gasteiger charge is -2.28. The van der Waals surface area contributed by atoms with Crippen LogP contribution in [-0.2, 0) is 0 Å². The van der Waals surface area contributed by atoms with Crippen LogP contribution in [0.4, 0.5) is 13.2 Å². The van der Waals surface area contributed by atoms with Gasteiger partial charge in [0.25, 0.3) is 0 Å². The van der Waals surface area contributed by atoms with E-state index in [1.54, 1.807) is 12.1 Å². The Morgan fingerprint density at radius 3 is 2.10 bits per heavy atom. The number of halogens is 3. The lowest BCUT2D eigenvalue weighted by molar-refractivity contribution is -0.274. The van der Waals surface area contributed by atoms with Crippen LogP contribution in [0.3, 0.4) is 0 Å². The summed E-state index contributed by atoms with van der Waals surface area (Å²) in [4.78, 5) is 0. The highest BCUT2D eigenvalue weighted by atomic mass is 19.4. The van der Waals surface area contributed by atoms with Crippen LogP contribution in [0, 0.1) is 17.8 Å². The molecule has 4 heteroatoms. The molecule has 2 fully saturated rings. The summed E-state index contributed by atoms with van der Waals surface area (Å²) in [6.45, 7) is 2.32. The Kier molecular flexibility index (Phi) is 8.08. The molecule has 0 spiro atoms. The molecule has 0 bridgehead atoms. The molecule has 0 aromatic heterocycles. The third kappa shape index (κ3) is 7.38. The van der Waals surface area contributed by atoms with Gasteiger partial charge < -0.3 is 4.74 Å². The first kappa shape index (κ1) is 22.2. The van der Waals surface area contributed by atoms with E-state index >= 15 is 0 Å². The van der Waals surface area contributed by atoms with E-state index in [0.717, 1.165) is 30.2 Å². The van der Waals surface area contributed by atoms with E-state index in [1.165, 1.54) is 69.9 Å². The van der Waals surface area contributed by atoms with Crippen LogP contribution in [0.15, 0.2) is 36.4 Å². The minimum Gasteiger partial charge on any atom is -0.406 e. The van der Waals surface area contributed by atoms with Crippen LogP contribution in [0.25, 0.3) is 0 Å². The molecule has 1 nitrogen and oxygen atoms in total. The molecule has 0 atom stereocenters. The predicted octanol–water partition coefficient (Wildman–Crippen LogP) is 8.41. The third-order valence-corrected chi connectivity index (χ3v) is 7.05. The summed E-state index contributed by atoms with van der Waals surface area (Å²) in [6, 6.07) is 6.44. The molecule has 0 saturated heterocycles. The number of hydrogen-bond donors (Lipinski definition) is 0. The maximum atomic E-state index is 12.3. The predicted molar refractivity (Wildman–Crippen MR) is 112 cm³/mol. The second-order valence-electron chi connectivity index (χ2n) is 9.03. The largest absolute Gasteiger partial charge is 0.573 e. The molecule has 1 aromatic carbocycles. The number of hydrogen-bond acceptors (Lipinski definition) is 1. The molecule has 2 saturated carbocycles. The summed E-state index contributed by atoms with van der Waals surface area (Å²) in [5, 5.41) is 0. The first-order chi connectivity index (χ1) is 13.9. The van der Waals surface area contributed by atoms with Gasteiger partial charge in [-0.2, -0.15) is 0 Å². The van der Waals surface area contributed by atoms with Gasteiger partial charge in [0, 0.05) is 0 Å². The van der Waals surface area contributed by atoms with Gasteiger partial charge in [0.1, 0.15) is 5.75 Å². The van der Waals surface area contributed by atoms with E-state index in [-0.39, 0.29) is 5.75 Å². The topological polar surface area (TPSA) is 9.23 Å². The van der Waals surface area contributed by atoms with Crippen molar-refractivity contribution in [1.82, 2.24) is 0 Å². The Morgan fingerprint density at radius 2 is 1.52 bits per heavy atom. The molecule has 2 aliphatic rings. The zero-order valence-corrected chi connectivity index (χ0v) is 17.6. The molecule has 0 amide bonds. The van der Waals surface area contributed by atoms with Crippen LogP contribution in [0.5, 0.6) is 5.75 Å². The van der Waals surface area contributed by atoms with Crippen LogP contribution in [0.1, 0.15) is 89.0 Å². The van der Waals surface area contributed by atoms with Gasteiger partial charge in [-0.1, -0.05) is 63.3 Å². The minimum absolute atomic E-state index is 0.138. The lowest BCUT2D eigenvalue weighted by Crippen LogP contribution is -2.17. The van der Waals surface area contributed by atoms with Crippen LogP contribution < -0.4 is 4.74 Å². The number of alkyl halides is 3. The number of rotatable bonds is 7. The second kappa shape index (κ2) is 10.5. The molecule has 0 N–H and O–H groups in total. The fraction of sp³-hybridized carbons (Fsp3) is 0.680. The fourth-order valence-electron chi connectivity index (χ4n) is 5.14. The van der Waals surface area contributed by atoms with Crippen molar-refractivity contribution in [3.05, 3.63) is 42.0 Å². The summed E-state index contributed by atoms with van der Waals surface area (Å²) in [7, 11) is 0. The maximum Gasteiger partial charge on any atom is 0.573 e. The normalized spacial score (nSPS) is 28.6. The molecule has 0 heterocycles. The molecule has 3 rings (SSSR count). The van der Waals surface area contributed by atoms with E-state index < -0.39 is 6.36 Å². The van der Waals surface area contributed by atoms with Gasteiger partial charge in [-0.25, -0.2) is 0 Å². The maximum absolute atomic E-state index is 12.3. The van der Waals surface area contributed by atoms with Crippen molar-refractivity contribution in [2.24, 2.45) is 17.8 Å². The lowest BCUT2D eigenvalue weighted by atomic mass is 9.78. The van der Waals surface area contributed by atoms with Crippen LogP contribution >= 0.6 is 0 Å². The molecule has 0 radical (unpaired) electrons. The number of allylic oxidation sites excluding steroid dienone is 2. The van der Waals surface area contributed by atoms with Crippen molar-refractivity contribution < 1.29 is 17.9 Å². The molecular weight excluding hydrogens is 373 g/mol. The Morgan fingerprint density at radius 1 is 0.897 bits per heavy atom. The SMILES string of the molecule is CCC1CCC(CC/C=C/C2CCC(c3ccc(OC(F)(F)F)cc3)CC2)CC1. The minimum atomic E-state index is -4.62. The summed E-state index contributed by atoms with van der Waals surface area (Å²) < 4.78 is 40.8. The van der Waals surface area contributed by atoms with Gasteiger partial charge in [0.05, 0.1) is 0 Å². The first-order valence-corrected chi connectivity index (χ1v) is 11.4. The molecule has 2 aliphatic carbocycles. The van der Waals surface area contributed by atoms with Crippen molar-refractivity contribution in [2.45, 2.75) is 89.8 Å². The van der Waals surface area contributed by atoms with Gasteiger partial charge in [0.15, 0.2) is 0 Å². The van der Waals surface area contributed by atoms with E-state index in [2.05, 4.69) is 23.8 Å². The van der Waals surface area contributed by atoms with Crippen molar-refractivity contribution in [3.8, 4) is 5.75 Å². The third-order valence-electron chi connectivity index (χ3n) is 7.05. The van der Waals surface area contributed by atoms with Crippen molar-refractivity contribution in [1.29, 1.82) is 0 Å². The van der Waals surface area contributed by atoms with Gasteiger partial charge in [0.2, 0.25) is 0 Å². The van der Waals surface area contributed by atoms with Crippen LogP contribution in [-0.4, -0.2) is 6.36 Å². The number of benzene rings is 1. The van der Waals surface area contributed by atoms with E-state index in [9.17, 15) is 13.2 Å². The molecule has 162 valence electrons. The highest BCUT2D eigenvalue weighted by molar-refractivity contribution is 5.30. The van der Waals surface area contributed by atoms with Gasteiger partial charge in [-0.05, 0) is 79.9 Å². The Bertz CT molecular complexity index is 618. The standard InChI is InChI=1S/C25H35F3O/c1-2-19-7-9-20(10-8-19)5-3-4-6-21-11-13-22(14-12-21)23-15-17-24(18-16-23)29-25(26,27)28/h4,6,15-22H,2-3,5,7-14H2,1H3/b6-4+. The molecular formula is C25H35F3O. The fourth-order valence-corrected chi connectivity index (χ4v) is 5.14. The molecule has 0 aliphatic heterocycles. The van der Waals surface area contributed by atoms with Gasteiger partial charge in [-0.3, -0.25) is 0 Å². The Balaban J connectivity index is 1.35. The summed E-state index contributed by atoms with van der Waals surface area (Å²) in [6.07, 6.45) is 14.4. The quantitative estimate of drug-likeness (QED) is 0.411. The first-order valence-electron chi connectivity index (χ1n) is 11.4. The van der Waals surface area contributed by atoms with Gasteiger partial charge >= 0.3 is 6.36 Å². The highest BCUT2D eigenvalue weighted by Crippen LogP contribution is 2.37. The zero-order chi connectivity index (χ0) is 20.7. The van der Waals surface area contributed by atoms with Crippen molar-refractivity contribution in [2.75, 3.05) is 0 Å². The Hall–Kier alpha value is -1.45.